The predicted octanol–water partition coefficient (Wildman–Crippen LogP) is 4.54. The van der Waals surface area contributed by atoms with E-state index < -0.39 is 6.10 Å². The van der Waals surface area contributed by atoms with Crippen molar-refractivity contribution < 1.29 is 14.2 Å². The molecule has 0 spiro atoms. The van der Waals surface area contributed by atoms with Crippen molar-refractivity contribution in [2.75, 3.05) is 0 Å². The number of hydrogen-bond donors (Lipinski definition) is 1. The molecule has 21 heavy (non-hydrogen) atoms. The standard InChI is InChI=1S/C17H16BrFO2/c18-12-8-7-11(15(19)9-12)10-21-17-6-2-3-13-14(17)4-1-5-16(13)20/h2-3,6-9,16,20H,1,4-5,10H2. The van der Waals surface area contributed by atoms with E-state index >= 15 is 0 Å². The van der Waals surface area contributed by atoms with Gasteiger partial charge in [-0.15, -0.1) is 0 Å². The third-order valence-electron chi connectivity index (χ3n) is 3.83. The molecule has 4 heteroatoms. The van der Waals surface area contributed by atoms with Crippen LogP contribution in [0.1, 0.15) is 35.6 Å². The van der Waals surface area contributed by atoms with Crippen LogP contribution in [0.25, 0.3) is 0 Å². The molecule has 0 radical (unpaired) electrons. The summed E-state index contributed by atoms with van der Waals surface area (Å²) in [6, 6.07) is 10.6. The van der Waals surface area contributed by atoms with Gasteiger partial charge in [-0.1, -0.05) is 34.1 Å². The molecule has 0 amide bonds. The normalized spacial score (nSPS) is 17.4. The molecule has 0 fully saturated rings. The lowest BCUT2D eigenvalue weighted by Gasteiger charge is -2.23. The molecule has 3 rings (SSSR count). The minimum Gasteiger partial charge on any atom is -0.489 e. The highest BCUT2D eigenvalue weighted by Crippen LogP contribution is 2.35. The van der Waals surface area contributed by atoms with Crippen LogP contribution in [0, 0.1) is 5.82 Å². The van der Waals surface area contributed by atoms with Gasteiger partial charge in [-0.25, -0.2) is 4.39 Å². The molecule has 0 bridgehead atoms. The molecule has 1 unspecified atom stereocenters. The summed E-state index contributed by atoms with van der Waals surface area (Å²) in [5.74, 6) is 0.461. The smallest absolute Gasteiger partial charge is 0.130 e. The van der Waals surface area contributed by atoms with Crippen molar-refractivity contribution in [2.45, 2.75) is 32.0 Å². The number of aliphatic hydroxyl groups is 1. The van der Waals surface area contributed by atoms with E-state index in [2.05, 4.69) is 15.9 Å². The first kappa shape index (κ1) is 14.5. The lowest BCUT2D eigenvalue weighted by Crippen LogP contribution is -2.11. The first-order chi connectivity index (χ1) is 10.1. The van der Waals surface area contributed by atoms with E-state index in [1.54, 1.807) is 12.1 Å². The topological polar surface area (TPSA) is 29.5 Å². The van der Waals surface area contributed by atoms with E-state index in [1.165, 1.54) is 6.07 Å². The molecule has 1 aliphatic rings. The van der Waals surface area contributed by atoms with Crippen molar-refractivity contribution in [1.82, 2.24) is 0 Å². The van der Waals surface area contributed by atoms with Gasteiger partial charge < -0.3 is 9.84 Å². The molecule has 2 nitrogen and oxygen atoms in total. The molecule has 0 heterocycles. The van der Waals surface area contributed by atoms with Crippen LogP contribution in [-0.4, -0.2) is 5.11 Å². The largest absolute Gasteiger partial charge is 0.489 e. The minimum absolute atomic E-state index is 0.186. The maximum absolute atomic E-state index is 13.8. The Hall–Kier alpha value is -1.39. The third kappa shape index (κ3) is 3.11. The SMILES string of the molecule is OC1CCCc2c(OCc3ccc(Br)cc3F)cccc21. The van der Waals surface area contributed by atoms with Crippen molar-refractivity contribution in [3.63, 3.8) is 0 Å². The lowest BCUT2D eigenvalue weighted by molar-refractivity contribution is 0.155. The number of hydrogen-bond acceptors (Lipinski definition) is 2. The maximum atomic E-state index is 13.8. The Morgan fingerprint density at radius 3 is 2.95 bits per heavy atom. The third-order valence-corrected chi connectivity index (χ3v) is 4.32. The number of fused-ring (bicyclic) bond motifs is 1. The molecule has 1 N–H and O–H groups in total. The summed E-state index contributed by atoms with van der Waals surface area (Å²) in [6.45, 7) is 0.186. The second-order valence-electron chi connectivity index (χ2n) is 5.26. The molecule has 1 aliphatic carbocycles. The van der Waals surface area contributed by atoms with E-state index in [4.69, 9.17) is 4.74 Å². The summed E-state index contributed by atoms with van der Waals surface area (Å²) >= 11 is 3.24. The molecular weight excluding hydrogens is 335 g/mol. The van der Waals surface area contributed by atoms with E-state index in [9.17, 15) is 9.50 Å². The zero-order valence-corrected chi connectivity index (χ0v) is 13.1. The first-order valence-corrected chi connectivity index (χ1v) is 7.81. The highest BCUT2D eigenvalue weighted by atomic mass is 79.9. The fourth-order valence-electron chi connectivity index (χ4n) is 2.72. The Kier molecular flexibility index (Phi) is 4.27. The van der Waals surface area contributed by atoms with Crippen molar-refractivity contribution in [1.29, 1.82) is 0 Å². The lowest BCUT2D eigenvalue weighted by atomic mass is 9.89. The Labute approximate surface area is 131 Å². The highest BCUT2D eigenvalue weighted by Gasteiger charge is 2.20. The van der Waals surface area contributed by atoms with Crippen molar-refractivity contribution in [2.24, 2.45) is 0 Å². The van der Waals surface area contributed by atoms with E-state index in [1.807, 2.05) is 18.2 Å². The van der Waals surface area contributed by atoms with Gasteiger partial charge in [0, 0.05) is 10.0 Å². The van der Waals surface area contributed by atoms with Crippen LogP contribution in [0.15, 0.2) is 40.9 Å². The number of aliphatic hydroxyl groups excluding tert-OH is 1. The van der Waals surface area contributed by atoms with E-state index in [0.29, 0.717) is 10.0 Å². The van der Waals surface area contributed by atoms with Gasteiger partial charge in [0.15, 0.2) is 0 Å². The minimum atomic E-state index is -0.415. The first-order valence-electron chi connectivity index (χ1n) is 7.02. The summed E-state index contributed by atoms with van der Waals surface area (Å²) in [5, 5.41) is 10.0. The quantitative estimate of drug-likeness (QED) is 0.880. The van der Waals surface area contributed by atoms with Gasteiger partial charge in [-0.05, 0) is 48.6 Å². The van der Waals surface area contributed by atoms with Crippen LogP contribution >= 0.6 is 15.9 Å². The summed E-state index contributed by atoms with van der Waals surface area (Å²) in [7, 11) is 0. The van der Waals surface area contributed by atoms with Gasteiger partial charge in [0.05, 0.1) is 6.10 Å². The van der Waals surface area contributed by atoms with E-state index in [-0.39, 0.29) is 12.4 Å². The molecule has 0 aromatic heterocycles. The summed E-state index contributed by atoms with van der Waals surface area (Å²) in [6.07, 6.45) is 2.21. The second kappa shape index (κ2) is 6.16. The number of rotatable bonds is 3. The van der Waals surface area contributed by atoms with E-state index in [0.717, 1.165) is 36.1 Å². The van der Waals surface area contributed by atoms with Gasteiger partial charge in [0.25, 0.3) is 0 Å². The van der Waals surface area contributed by atoms with Gasteiger partial charge >= 0.3 is 0 Å². The van der Waals surface area contributed by atoms with Crippen LogP contribution in [0.4, 0.5) is 4.39 Å². The second-order valence-corrected chi connectivity index (χ2v) is 6.17. The zero-order chi connectivity index (χ0) is 14.8. The van der Waals surface area contributed by atoms with Gasteiger partial charge in [0.2, 0.25) is 0 Å². The number of ether oxygens (including phenoxy) is 1. The van der Waals surface area contributed by atoms with Crippen LogP contribution in [0.5, 0.6) is 5.75 Å². The van der Waals surface area contributed by atoms with Crippen LogP contribution in [0.2, 0.25) is 0 Å². The summed E-state index contributed by atoms with van der Waals surface area (Å²) in [4.78, 5) is 0. The van der Waals surface area contributed by atoms with Gasteiger partial charge in [-0.2, -0.15) is 0 Å². The highest BCUT2D eigenvalue weighted by molar-refractivity contribution is 9.10. The average Bonchev–Trinajstić information content (AvgIpc) is 2.47. The molecule has 0 saturated carbocycles. The van der Waals surface area contributed by atoms with Crippen molar-refractivity contribution >= 4 is 15.9 Å². The zero-order valence-electron chi connectivity index (χ0n) is 11.5. The fraction of sp³-hybridized carbons (Fsp3) is 0.294. The van der Waals surface area contributed by atoms with Crippen LogP contribution in [-0.2, 0) is 13.0 Å². The average molecular weight is 351 g/mol. The molecule has 110 valence electrons. The van der Waals surface area contributed by atoms with Crippen LogP contribution < -0.4 is 4.74 Å². The van der Waals surface area contributed by atoms with Crippen molar-refractivity contribution in [3.05, 3.63) is 63.4 Å². The Morgan fingerprint density at radius 2 is 2.14 bits per heavy atom. The van der Waals surface area contributed by atoms with Gasteiger partial charge in [0.1, 0.15) is 18.2 Å². The van der Waals surface area contributed by atoms with Crippen molar-refractivity contribution in [3.8, 4) is 5.75 Å². The molecule has 2 aromatic carbocycles. The Balaban J connectivity index is 1.81. The Bertz CT molecular complexity index is 657. The molecule has 0 aliphatic heterocycles. The maximum Gasteiger partial charge on any atom is 0.130 e. The van der Waals surface area contributed by atoms with Crippen LogP contribution in [0.3, 0.4) is 0 Å². The molecular formula is C17H16BrFO2. The number of benzene rings is 2. The molecule has 1 atom stereocenters. The Morgan fingerprint density at radius 1 is 1.29 bits per heavy atom. The summed E-state index contributed by atoms with van der Waals surface area (Å²) < 4.78 is 20.3. The molecule has 0 saturated heterocycles. The summed E-state index contributed by atoms with van der Waals surface area (Å²) in [5.41, 5.74) is 2.51. The fourth-order valence-corrected chi connectivity index (χ4v) is 3.05. The number of halogens is 2. The predicted molar refractivity (Wildman–Crippen MR) is 82.8 cm³/mol. The monoisotopic (exact) mass is 350 g/mol. The molecule has 2 aromatic rings. The van der Waals surface area contributed by atoms with Gasteiger partial charge in [-0.3, -0.25) is 0 Å².